The van der Waals surface area contributed by atoms with Crippen LogP contribution < -0.4 is 4.90 Å². The van der Waals surface area contributed by atoms with E-state index in [9.17, 15) is 0 Å². The van der Waals surface area contributed by atoms with E-state index in [0.29, 0.717) is 0 Å². The van der Waals surface area contributed by atoms with Crippen LogP contribution in [0.4, 0.5) is 5.69 Å². The molecule has 1 heterocycles. The molecule has 1 aliphatic heterocycles. The van der Waals surface area contributed by atoms with E-state index in [4.69, 9.17) is 0 Å². The van der Waals surface area contributed by atoms with Crippen LogP contribution in [0.3, 0.4) is 0 Å². The molecular formula is C19H21N. The second kappa shape index (κ2) is 4.52. The van der Waals surface area contributed by atoms with E-state index >= 15 is 0 Å². The Bertz CT molecular complexity index is 720. The van der Waals surface area contributed by atoms with E-state index in [1.165, 1.54) is 27.7 Å². The van der Waals surface area contributed by atoms with Crippen LogP contribution >= 0.6 is 0 Å². The SMILES string of the molecule is C/C=C/C=C1/N(C)c2ccc3ccccc3c2C1(C)C. The van der Waals surface area contributed by atoms with Gasteiger partial charge in [-0.1, -0.05) is 56.3 Å². The fraction of sp³-hybridized carbons (Fsp3) is 0.263. The highest BCUT2D eigenvalue weighted by Crippen LogP contribution is 2.49. The molecule has 3 rings (SSSR count). The molecule has 2 aromatic rings. The van der Waals surface area contributed by atoms with Crippen molar-refractivity contribution < 1.29 is 0 Å². The highest BCUT2D eigenvalue weighted by atomic mass is 15.2. The first-order valence-corrected chi connectivity index (χ1v) is 7.17. The Morgan fingerprint density at radius 1 is 1.05 bits per heavy atom. The van der Waals surface area contributed by atoms with Gasteiger partial charge in [-0.25, -0.2) is 0 Å². The van der Waals surface area contributed by atoms with Crippen molar-refractivity contribution >= 4 is 16.5 Å². The fourth-order valence-corrected chi connectivity index (χ4v) is 3.38. The Balaban J connectivity index is 2.33. The number of hydrogen-bond acceptors (Lipinski definition) is 1. The molecule has 0 bridgehead atoms. The van der Waals surface area contributed by atoms with Crippen molar-refractivity contribution in [3.05, 3.63) is 65.9 Å². The zero-order valence-electron chi connectivity index (χ0n) is 12.6. The first-order chi connectivity index (χ1) is 9.57. The molecule has 0 fully saturated rings. The molecule has 102 valence electrons. The number of rotatable bonds is 1. The third kappa shape index (κ3) is 1.70. The van der Waals surface area contributed by atoms with Crippen molar-refractivity contribution in [1.29, 1.82) is 0 Å². The van der Waals surface area contributed by atoms with Gasteiger partial charge >= 0.3 is 0 Å². The molecule has 20 heavy (non-hydrogen) atoms. The zero-order chi connectivity index (χ0) is 14.3. The summed E-state index contributed by atoms with van der Waals surface area (Å²) in [7, 11) is 2.16. The molecule has 0 N–H and O–H groups in total. The summed E-state index contributed by atoms with van der Waals surface area (Å²) >= 11 is 0. The molecule has 0 aliphatic carbocycles. The van der Waals surface area contributed by atoms with Crippen LogP contribution in [0.2, 0.25) is 0 Å². The zero-order valence-corrected chi connectivity index (χ0v) is 12.6. The molecule has 0 saturated heterocycles. The number of benzene rings is 2. The largest absolute Gasteiger partial charge is 0.347 e. The van der Waals surface area contributed by atoms with Crippen molar-refractivity contribution in [3.8, 4) is 0 Å². The molecular weight excluding hydrogens is 242 g/mol. The smallest absolute Gasteiger partial charge is 0.0454 e. The minimum absolute atomic E-state index is 0.0322. The summed E-state index contributed by atoms with van der Waals surface area (Å²) < 4.78 is 0. The van der Waals surface area contributed by atoms with Crippen molar-refractivity contribution in [1.82, 2.24) is 0 Å². The topological polar surface area (TPSA) is 3.24 Å². The monoisotopic (exact) mass is 263 g/mol. The summed E-state index contributed by atoms with van der Waals surface area (Å²) in [6, 6.07) is 13.1. The summed E-state index contributed by atoms with van der Waals surface area (Å²) in [5.74, 6) is 0. The maximum atomic E-state index is 2.32. The molecule has 0 radical (unpaired) electrons. The maximum Gasteiger partial charge on any atom is 0.0454 e. The van der Waals surface area contributed by atoms with Crippen molar-refractivity contribution in [3.63, 3.8) is 0 Å². The predicted octanol–water partition coefficient (Wildman–Crippen LogP) is 5.03. The van der Waals surface area contributed by atoms with Gasteiger partial charge in [0.05, 0.1) is 0 Å². The van der Waals surface area contributed by atoms with Crippen LogP contribution in [-0.2, 0) is 5.41 Å². The lowest BCUT2D eigenvalue weighted by molar-refractivity contribution is 0.645. The number of allylic oxidation sites excluding steroid dienone is 4. The first-order valence-electron chi connectivity index (χ1n) is 7.17. The second-order valence-corrected chi connectivity index (χ2v) is 5.94. The maximum absolute atomic E-state index is 2.32. The van der Waals surface area contributed by atoms with Crippen LogP contribution in [0.25, 0.3) is 10.8 Å². The molecule has 0 aromatic heterocycles. The summed E-state index contributed by atoms with van der Waals surface area (Å²) in [5, 5.41) is 2.69. The quantitative estimate of drug-likeness (QED) is 0.697. The van der Waals surface area contributed by atoms with E-state index in [-0.39, 0.29) is 5.41 Å². The fourth-order valence-electron chi connectivity index (χ4n) is 3.38. The van der Waals surface area contributed by atoms with Gasteiger partial charge < -0.3 is 4.90 Å². The number of fused-ring (bicyclic) bond motifs is 3. The van der Waals surface area contributed by atoms with Crippen LogP contribution in [0.15, 0.2) is 60.3 Å². The van der Waals surface area contributed by atoms with Gasteiger partial charge in [0.2, 0.25) is 0 Å². The van der Waals surface area contributed by atoms with E-state index in [0.717, 1.165) is 0 Å². The van der Waals surface area contributed by atoms with Gasteiger partial charge in [0.15, 0.2) is 0 Å². The lowest BCUT2D eigenvalue weighted by Gasteiger charge is -2.24. The minimum atomic E-state index is 0.0322. The average molecular weight is 263 g/mol. The Morgan fingerprint density at radius 2 is 1.80 bits per heavy atom. The minimum Gasteiger partial charge on any atom is -0.347 e. The van der Waals surface area contributed by atoms with E-state index in [2.05, 4.69) is 87.3 Å². The third-order valence-corrected chi connectivity index (χ3v) is 4.34. The summed E-state index contributed by atoms with van der Waals surface area (Å²) in [6.07, 6.45) is 6.44. The van der Waals surface area contributed by atoms with Gasteiger partial charge in [0, 0.05) is 23.8 Å². The predicted molar refractivity (Wildman–Crippen MR) is 88.3 cm³/mol. The van der Waals surface area contributed by atoms with Gasteiger partial charge in [-0.3, -0.25) is 0 Å². The van der Waals surface area contributed by atoms with Gasteiger partial charge in [0.1, 0.15) is 0 Å². The summed E-state index contributed by atoms with van der Waals surface area (Å²) in [5.41, 5.74) is 4.14. The Kier molecular flexibility index (Phi) is 2.93. The van der Waals surface area contributed by atoms with Gasteiger partial charge in [-0.15, -0.1) is 0 Å². The molecule has 0 spiro atoms. The van der Waals surface area contributed by atoms with E-state index in [1.807, 2.05) is 0 Å². The molecule has 1 nitrogen and oxygen atoms in total. The average Bonchev–Trinajstić information content (AvgIpc) is 2.64. The summed E-state index contributed by atoms with van der Waals surface area (Å²) in [4.78, 5) is 2.32. The third-order valence-electron chi connectivity index (χ3n) is 4.34. The van der Waals surface area contributed by atoms with Gasteiger partial charge in [-0.2, -0.15) is 0 Å². The highest BCUT2D eigenvalue weighted by Gasteiger charge is 2.39. The Labute approximate surface area is 121 Å². The first kappa shape index (κ1) is 13.0. The van der Waals surface area contributed by atoms with Gasteiger partial charge in [-0.05, 0) is 35.4 Å². The molecule has 1 aliphatic rings. The second-order valence-electron chi connectivity index (χ2n) is 5.94. The lowest BCUT2D eigenvalue weighted by atomic mass is 9.81. The number of nitrogens with zero attached hydrogens (tertiary/aromatic N) is 1. The molecule has 0 atom stereocenters. The molecule has 0 unspecified atom stereocenters. The van der Waals surface area contributed by atoms with Crippen LogP contribution in [0.5, 0.6) is 0 Å². The molecule has 0 saturated carbocycles. The van der Waals surface area contributed by atoms with E-state index in [1.54, 1.807) is 0 Å². The number of hydrogen-bond donors (Lipinski definition) is 0. The highest BCUT2D eigenvalue weighted by molar-refractivity contribution is 5.94. The Hall–Kier alpha value is -2.02. The van der Waals surface area contributed by atoms with E-state index < -0.39 is 0 Å². The number of likely N-dealkylation sites (N-methyl/N-ethyl adjacent to an activating group) is 1. The van der Waals surface area contributed by atoms with Crippen molar-refractivity contribution in [2.24, 2.45) is 0 Å². The van der Waals surface area contributed by atoms with Crippen molar-refractivity contribution in [2.75, 3.05) is 11.9 Å². The molecule has 1 heteroatoms. The van der Waals surface area contributed by atoms with Crippen LogP contribution in [0.1, 0.15) is 26.3 Å². The molecule has 0 amide bonds. The normalized spacial score (nSPS) is 19.2. The van der Waals surface area contributed by atoms with Crippen molar-refractivity contribution in [2.45, 2.75) is 26.2 Å². The lowest BCUT2D eigenvalue weighted by Crippen LogP contribution is -2.22. The summed E-state index contributed by atoms with van der Waals surface area (Å²) in [6.45, 7) is 6.69. The number of anilines is 1. The Morgan fingerprint density at radius 3 is 2.55 bits per heavy atom. The van der Waals surface area contributed by atoms with Crippen LogP contribution in [-0.4, -0.2) is 7.05 Å². The van der Waals surface area contributed by atoms with Crippen LogP contribution in [0, 0.1) is 0 Å². The standard InChI is InChI=1S/C19H21N/c1-5-6-11-17-19(2,3)18-15-10-8-7-9-14(15)12-13-16(18)20(17)4/h5-13H,1-4H3/b6-5+,17-11+. The molecule has 2 aromatic carbocycles. The van der Waals surface area contributed by atoms with Gasteiger partial charge in [0.25, 0.3) is 0 Å².